The van der Waals surface area contributed by atoms with Crippen LogP contribution in [0.4, 0.5) is 5.13 Å². The van der Waals surface area contributed by atoms with Gasteiger partial charge in [-0.3, -0.25) is 9.69 Å². The summed E-state index contributed by atoms with van der Waals surface area (Å²) in [5.74, 6) is -0.153. The van der Waals surface area contributed by atoms with E-state index in [1.807, 2.05) is 50.2 Å². The molecule has 128 valence electrons. The Hall–Kier alpha value is -2.24. The summed E-state index contributed by atoms with van der Waals surface area (Å²) in [7, 11) is 0. The summed E-state index contributed by atoms with van der Waals surface area (Å²) in [6, 6.07) is 15.1. The van der Waals surface area contributed by atoms with Crippen molar-refractivity contribution in [3.8, 4) is 10.6 Å². The first kappa shape index (κ1) is 17.6. The smallest absolute Gasteiger partial charge is 0.261 e. The topological polar surface area (TPSA) is 46.1 Å². The largest absolute Gasteiger partial charge is 0.283 e. The van der Waals surface area contributed by atoms with Crippen LogP contribution in [0.2, 0.25) is 5.02 Å². The van der Waals surface area contributed by atoms with Crippen molar-refractivity contribution in [2.45, 2.75) is 20.3 Å². The predicted octanol–water partition coefficient (Wildman–Crippen LogP) is 5.22. The van der Waals surface area contributed by atoms with Gasteiger partial charge in [-0.1, -0.05) is 66.3 Å². The Labute approximate surface area is 156 Å². The lowest BCUT2D eigenvalue weighted by atomic mass is 10.1. The van der Waals surface area contributed by atoms with Crippen molar-refractivity contribution < 1.29 is 4.79 Å². The Bertz CT molecular complexity index is 894. The Balaban J connectivity index is 1.96. The Morgan fingerprint density at radius 2 is 1.84 bits per heavy atom. The minimum atomic E-state index is -0.153. The highest BCUT2D eigenvalue weighted by Crippen LogP contribution is 2.32. The first-order chi connectivity index (χ1) is 12.1. The van der Waals surface area contributed by atoms with Gasteiger partial charge in [-0.2, -0.15) is 0 Å². The standard InChI is InChI=1S/C19H18ClN3OS/c1-3-12-23(18(24)15-10-6-7-11-16(15)20)19-22-21-17(25-19)14-9-5-4-8-13(14)2/h4-11H,3,12H2,1-2H3. The summed E-state index contributed by atoms with van der Waals surface area (Å²) in [4.78, 5) is 14.6. The molecule has 0 N–H and O–H groups in total. The first-order valence-corrected chi connectivity index (χ1v) is 9.27. The molecular formula is C19H18ClN3OS. The van der Waals surface area contributed by atoms with E-state index in [1.54, 1.807) is 17.0 Å². The van der Waals surface area contributed by atoms with Crippen LogP contribution in [-0.2, 0) is 0 Å². The lowest BCUT2D eigenvalue weighted by molar-refractivity contribution is 0.0987. The molecule has 0 aliphatic rings. The molecular weight excluding hydrogens is 354 g/mol. The van der Waals surface area contributed by atoms with Gasteiger partial charge < -0.3 is 0 Å². The SMILES string of the molecule is CCCN(C(=O)c1ccccc1Cl)c1nnc(-c2ccccc2C)s1. The van der Waals surface area contributed by atoms with Crippen molar-refractivity contribution in [1.29, 1.82) is 0 Å². The first-order valence-electron chi connectivity index (χ1n) is 8.07. The normalized spacial score (nSPS) is 10.7. The summed E-state index contributed by atoms with van der Waals surface area (Å²) in [6.07, 6.45) is 0.815. The highest BCUT2D eigenvalue weighted by Gasteiger charge is 2.23. The maximum atomic E-state index is 12.9. The molecule has 2 aromatic carbocycles. The maximum Gasteiger partial charge on any atom is 0.261 e. The predicted molar refractivity (Wildman–Crippen MR) is 104 cm³/mol. The molecule has 0 saturated heterocycles. The molecule has 0 fully saturated rings. The summed E-state index contributed by atoms with van der Waals surface area (Å²) < 4.78 is 0. The Morgan fingerprint density at radius 3 is 2.56 bits per heavy atom. The quantitative estimate of drug-likeness (QED) is 0.617. The van der Waals surface area contributed by atoms with Gasteiger partial charge in [-0.15, -0.1) is 10.2 Å². The van der Waals surface area contributed by atoms with E-state index >= 15 is 0 Å². The molecule has 0 aliphatic heterocycles. The minimum absolute atomic E-state index is 0.153. The maximum absolute atomic E-state index is 12.9. The van der Waals surface area contributed by atoms with Gasteiger partial charge in [-0.25, -0.2) is 0 Å². The van der Waals surface area contributed by atoms with Crippen LogP contribution in [0.3, 0.4) is 0 Å². The number of rotatable bonds is 5. The van der Waals surface area contributed by atoms with Gasteiger partial charge in [0.15, 0.2) is 0 Å². The molecule has 3 rings (SSSR count). The zero-order valence-corrected chi connectivity index (χ0v) is 15.6. The van der Waals surface area contributed by atoms with Crippen molar-refractivity contribution in [3.63, 3.8) is 0 Å². The fourth-order valence-electron chi connectivity index (χ4n) is 2.53. The number of aromatic nitrogens is 2. The van der Waals surface area contributed by atoms with Crippen molar-refractivity contribution in [2.24, 2.45) is 0 Å². The molecule has 0 atom stereocenters. The van der Waals surface area contributed by atoms with E-state index in [2.05, 4.69) is 10.2 Å². The molecule has 1 heterocycles. The zero-order chi connectivity index (χ0) is 17.8. The van der Waals surface area contributed by atoms with Crippen LogP contribution in [-0.4, -0.2) is 22.6 Å². The molecule has 1 aromatic heterocycles. The van der Waals surface area contributed by atoms with E-state index in [4.69, 9.17) is 11.6 Å². The number of amides is 1. The van der Waals surface area contributed by atoms with Gasteiger partial charge >= 0.3 is 0 Å². The molecule has 4 nitrogen and oxygen atoms in total. The van der Waals surface area contributed by atoms with E-state index in [1.165, 1.54) is 11.3 Å². The molecule has 3 aromatic rings. The number of anilines is 1. The molecule has 1 amide bonds. The van der Waals surface area contributed by atoms with Crippen LogP contribution in [0.1, 0.15) is 29.3 Å². The van der Waals surface area contributed by atoms with E-state index < -0.39 is 0 Å². The van der Waals surface area contributed by atoms with Gasteiger partial charge in [-0.05, 0) is 31.0 Å². The fourth-order valence-corrected chi connectivity index (χ4v) is 3.71. The van der Waals surface area contributed by atoms with Crippen molar-refractivity contribution in [2.75, 3.05) is 11.4 Å². The van der Waals surface area contributed by atoms with Crippen molar-refractivity contribution >= 4 is 34.0 Å². The van der Waals surface area contributed by atoms with Gasteiger partial charge in [0.25, 0.3) is 5.91 Å². The molecule has 6 heteroatoms. The van der Waals surface area contributed by atoms with Crippen LogP contribution in [0.25, 0.3) is 10.6 Å². The monoisotopic (exact) mass is 371 g/mol. The second kappa shape index (κ2) is 7.76. The number of hydrogen-bond donors (Lipinski definition) is 0. The Kier molecular flexibility index (Phi) is 5.46. The van der Waals surface area contributed by atoms with E-state index in [0.717, 1.165) is 22.6 Å². The molecule has 0 aliphatic carbocycles. The summed E-state index contributed by atoms with van der Waals surface area (Å²) in [5.41, 5.74) is 2.64. The molecule has 0 saturated carbocycles. The molecule has 25 heavy (non-hydrogen) atoms. The summed E-state index contributed by atoms with van der Waals surface area (Å²) in [5, 5.41) is 10.4. The third-order valence-electron chi connectivity index (χ3n) is 3.82. The van der Waals surface area contributed by atoms with Crippen molar-refractivity contribution in [1.82, 2.24) is 10.2 Å². The van der Waals surface area contributed by atoms with E-state index in [-0.39, 0.29) is 5.91 Å². The number of benzene rings is 2. The molecule has 0 bridgehead atoms. The van der Waals surface area contributed by atoms with E-state index in [9.17, 15) is 4.79 Å². The molecule has 0 unspecified atom stereocenters. The van der Waals surface area contributed by atoms with Crippen LogP contribution >= 0.6 is 22.9 Å². The second-order valence-corrected chi connectivity index (χ2v) is 7.00. The van der Waals surface area contributed by atoms with Crippen molar-refractivity contribution in [3.05, 3.63) is 64.7 Å². The van der Waals surface area contributed by atoms with Crippen LogP contribution in [0, 0.1) is 6.92 Å². The number of nitrogens with zero attached hydrogens (tertiary/aromatic N) is 3. The molecule has 0 radical (unpaired) electrons. The number of carbonyl (C=O) groups is 1. The second-order valence-electron chi connectivity index (χ2n) is 5.64. The number of hydrogen-bond acceptors (Lipinski definition) is 4. The van der Waals surface area contributed by atoms with Crippen LogP contribution in [0.5, 0.6) is 0 Å². The Morgan fingerprint density at radius 1 is 1.12 bits per heavy atom. The van der Waals surface area contributed by atoms with Crippen LogP contribution < -0.4 is 4.90 Å². The van der Waals surface area contributed by atoms with Crippen LogP contribution in [0.15, 0.2) is 48.5 Å². The average Bonchev–Trinajstić information content (AvgIpc) is 3.09. The number of aryl methyl sites for hydroxylation is 1. The average molecular weight is 372 g/mol. The summed E-state index contributed by atoms with van der Waals surface area (Å²) >= 11 is 7.61. The highest BCUT2D eigenvalue weighted by atomic mass is 35.5. The minimum Gasteiger partial charge on any atom is -0.283 e. The lowest BCUT2D eigenvalue weighted by Crippen LogP contribution is -2.31. The van der Waals surface area contributed by atoms with Gasteiger partial charge in [0.05, 0.1) is 10.6 Å². The van der Waals surface area contributed by atoms with E-state index in [0.29, 0.717) is 22.3 Å². The van der Waals surface area contributed by atoms with Gasteiger partial charge in [0.2, 0.25) is 5.13 Å². The third kappa shape index (κ3) is 3.72. The zero-order valence-electron chi connectivity index (χ0n) is 14.1. The third-order valence-corrected chi connectivity index (χ3v) is 5.13. The lowest BCUT2D eigenvalue weighted by Gasteiger charge is -2.19. The highest BCUT2D eigenvalue weighted by molar-refractivity contribution is 7.18. The molecule has 0 spiro atoms. The van der Waals surface area contributed by atoms with Gasteiger partial charge in [0.1, 0.15) is 5.01 Å². The number of halogens is 1. The number of carbonyl (C=O) groups excluding carboxylic acids is 1. The van der Waals surface area contributed by atoms with Gasteiger partial charge in [0, 0.05) is 12.1 Å². The fraction of sp³-hybridized carbons (Fsp3) is 0.211. The summed E-state index contributed by atoms with van der Waals surface area (Å²) in [6.45, 7) is 4.62.